The number of para-hydroxylation sites is 1. The largest absolute Gasteiger partial charge is 0.369 e. The lowest BCUT2D eigenvalue weighted by atomic mass is 10.2. The van der Waals surface area contributed by atoms with E-state index in [0.717, 1.165) is 6.26 Å². The van der Waals surface area contributed by atoms with Crippen LogP contribution in [-0.4, -0.2) is 39.7 Å². The molecule has 0 unspecified atom stereocenters. The second kappa shape index (κ2) is 5.98. The Morgan fingerprint density at radius 3 is 2.53 bits per heavy atom. The minimum absolute atomic E-state index is 0.269. The lowest BCUT2D eigenvalue weighted by Gasteiger charge is -2.19. The van der Waals surface area contributed by atoms with E-state index in [1.54, 1.807) is 11.9 Å². The van der Waals surface area contributed by atoms with E-state index in [1.807, 2.05) is 0 Å². The van der Waals surface area contributed by atoms with E-state index in [1.165, 1.54) is 18.2 Å². The summed E-state index contributed by atoms with van der Waals surface area (Å²) in [4.78, 5) is 11.9. The summed E-state index contributed by atoms with van der Waals surface area (Å²) >= 11 is 0. The Hall–Kier alpha value is -1.67. The fourth-order valence-corrected chi connectivity index (χ4v) is 2.61. The van der Waals surface area contributed by atoms with Gasteiger partial charge in [0.15, 0.2) is 9.84 Å². The quantitative estimate of drug-likeness (QED) is 0.612. The molecule has 0 bridgehead atoms. The predicted octanol–water partition coefficient (Wildman–Crippen LogP) is 0.783. The van der Waals surface area contributed by atoms with Crippen molar-refractivity contribution in [3.8, 4) is 0 Å². The molecule has 0 saturated heterocycles. The highest BCUT2D eigenvalue weighted by atomic mass is 32.2. The van der Waals surface area contributed by atoms with Gasteiger partial charge in [0, 0.05) is 19.8 Å². The van der Waals surface area contributed by atoms with Gasteiger partial charge in [0.05, 0.1) is 4.92 Å². The first-order valence-electron chi connectivity index (χ1n) is 5.67. The zero-order valence-electron chi connectivity index (χ0n) is 10.9. The minimum atomic E-state index is -3.65. The van der Waals surface area contributed by atoms with Crippen LogP contribution in [0.15, 0.2) is 23.1 Å². The van der Waals surface area contributed by atoms with Crippen LogP contribution in [0, 0.1) is 10.1 Å². The normalized spacial score (nSPS) is 11.3. The topological polar surface area (TPSA) is 107 Å². The summed E-state index contributed by atoms with van der Waals surface area (Å²) in [6.45, 7) is 0.981. The van der Waals surface area contributed by atoms with Crippen molar-refractivity contribution in [2.75, 3.05) is 31.3 Å². The third-order valence-electron chi connectivity index (χ3n) is 2.67. The summed E-state index contributed by atoms with van der Waals surface area (Å²) in [7, 11) is -1.98. The van der Waals surface area contributed by atoms with Gasteiger partial charge in [-0.2, -0.15) is 0 Å². The average Bonchev–Trinajstić information content (AvgIpc) is 2.33. The predicted molar refractivity (Wildman–Crippen MR) is 73.1 cm³/mol. The molecule has 0 aliphatic rings. The number of rotatable bonds is 6. The van der Waals surface area contributed by atoms with Crippen molar-refractivity contribution in [3.05, 3.63) is 28.3 Å². The number of hydrogen-bond acceptors (Lipinski definition) is 6. The number of nitro benzene ring substituents is 1. The van der Waals surface area contributed by atoms with Crippen molar-refractivity contribution in [3.63, 3.8) is 0 Å². The van der Waals surface area contributed by atoms with Crippen LogP contribution < -0.4 is 10.6 Å². The number of nitrogens with zero attached hydrogens (tertiary/aromatic N) is 2. The van der Waals surface area contributed by atoms with Gasteiger partial charge in [-0.25, -0.2) is 8.42 Å². The molecule has 0 spiro atoms. The molecule has 8 heteroatoms. The second-order valence-corrected chi connectivity index (χ2v) is 6.20. The summed E-state index contributed by atoms with van der Waals surface area (Å²) in [6.07, 6.45) is 1.62. The molecule has 0 atom stereocenters. The molecule has 1 aromatic rings. The molecule has 0 aliphatic carbocycles. The van der Waals surface area contributed by atoms with E-state index >= 15 is 0 Å². The first-order chi connectivity index (χ1) is 8.79. The molecule has 7 nitrogen and oxygen atoms in total. The molecule has 1 aromatic carbocycles. The minimum Gasteiger partial charge on any atom is -0.369 e. The summed E-state index contributed by atoms with van der Waals surface area (Å²) in [5, 5.41) is 11.2. The SMILES string of the molecule is CN(CCCN)c1cccc(S(C)(=O)=O)c1[N+](=O)[O-]. The van der Waals surface area contributed by atoms with Gasteiger partial charge in [-0.3, -0.25) is 10.1 Å². The Morgan fingerprint density at radius 2 is 2.05 bits per heavy atom. The Bertz CT molecular complexity index is 571. The fourth-order valence-electron chi connectivity index (χ4n) is 1.75. The first-order valence-corrected chi connectivity index (χ1v) is 7.57. The Morgan fingerprint density at radius 1 is 1.42 bits per heavy atom. The highest BCUT2D eigenvalue weighted by Crippen LogP contribution is 2.33. The Kier molecular flexibility index (Phi) is 4.84. The molecular formula is C11H17N3O4S. The van der Waals surface area contributed by atoms with Gasteiger partial charge in [-0.1, -0.05) is 6.07 Å². The lowest BCUT2D eigenvalue weighted by Crippen LogP contribution is -2.22. The zero-order chi connectivity index (χ0) is 14.6. The van der Waals surface area contributed by atoms with Crippen molar-refractivity contribution < 1.29 is 13.3 Å². The van der Waals surface area contributed by atoms with Crippen LogP contribution in [0.4, 0.5) is 11.4 Å². The molecule has 0 saturated carbocycles. The van der Waals surface area contributed by atoms with Crippen molar-refractivity contribution >= 4 is 21.2 Å². The van der Waals surface area contributed by atoms with E-state index in [4.69, 9.17) is 5.73 Å². The third-order valence-corrected chi connectivity index (χ3v) is 3.80. The Balaban J connectivity index is 3.37. The number of anilines is 1. The van der Waals surface area contributed by atoms with Crippen LogP contribution in [-0.2, 0) is 9.84 Å². The Labute approximate surface area is 112 Å². The first kappa shape index (κ1) is 15.4. The van der Waals surface area contributed by atoms with Crippen molar-refractivity contribution in [2.45, 2.75) is 11.3 Å². The van der Waals surface area contributed by atoms with Gasteiger partial charge in [-0.05, 0) is 25.1 Å². The number of sulfone groups is 1. The maximum atomic E-state index is 11.6. The van der Waals surface area contributed by atoms with E-state index in [0.29, 0.717) is 19.5 Å². The van der Waals surface area contributed by atoms with Gasteiger partial charge in [-0.15, -0.1) is 0 Å². The smallest absolute Gasteiger partial charge is 0.311 e. The van der Waals surface area contributed by atoms with Crippen LogP contribution in [0.25, 0.3) is 0 Å². The molecule has 0 radical (unpaired) electrons. The highest BCUT2D eigenvalue weighted by Gasteiger charge is 2.27. The molecular weight excluding hydrogens is 270 g/mol. The molecule has 0 fully saturated rings. The van der Waals surface area contributed by atoms with Gasteiger partial charge in [0.2, 0.25) is 0 Å². The van der Waals surface area contributed by atoms with Crippen LogP contribution in [0.2, 0.25) is 0 Å². The molecule has 19 heavy (non-hydrogen) atoms. The fraction of sp³-hybridized carbons (Fsp3) is 0.455. The van der Waals surface area contributed by atoms with E-state index in [-0.39, 0.29) is 16.3 Å². The standard InChI is InChI=1S/C11H17N3O4S/c1-13(8-4-7-12)9-5-3-6-10(19(2,17)18)11(9)14(15)16/h3,5-6H,4,7-8,12H2,1-2H3. The summed E-state index contributed by atoms with van der Waals surface area (Å²) in [5.74, 6) is 0. The summed E-state index contributed by atoms with van der Waals surface area (Å²) in [6, 6.07) is 4.27. The molecule has 0 aromatic heterocycles. The van der Waals surface area contributed by atoms with Crippen LogP contribution >= 0.6 is 0 Å². The molecule has 106 valence electrons. The number of hydrogen-bond donors (Lipinski definition) is 1. The van der Waals surface area contributed by atoms with Gasteiger partial charge >= 0.3 is 5.69 Å². The molecule has 0 heterocycles. The van der Waals surface area contributed by atoms with Gasteiger partial charge < -0.3 is 10.6 Å². The maximum Gasteiger partial charge on any atom is 0.311 e. The van der Waals surface area contributed by atoms with Crippen molar-refractivity contribution in [1.82, 2.24) is 0 Å². The molecule has 0 amide bonds. The van der Waals surface area contributed by atoms with E-state index < -0.39 is 14.8 Å². The van der Waals surface area contributed by atoms with Gasteiger partial charge in [0.1, 0.15) is 10.6 Å². The highest BCUT2D eigenvalue weighted by molar-refractivity contribution is 7.90. The molecule has 1 rings (SSSR count). The van der Waals surface area contributed by atoms with E-state index in [9.17, 15) is 18.5 Å². The maximum absolute atomic E-state index is 11.6. The van der Waals surface area contributed by atoms with Gasteiger partial charge in [0.25, 0.3) is 0 Å². The zero-order valence-corrected chi connectivity index (χ0v) is 11.7. The van der Waals surface area contributed by atoms with Crippen LogP contribution in [0.3, 0.4) is 0 Å². The number of benzene rings is 1. The average molecular weight is 287 g/mol. The summed E-state index contributed by atoms with van der Waals surface area (Å²) in [5.41, 5.74) is 5.29. The van der Waals surface area contributed by atoms with Crippen molar-refractivity contribution in [2.24, 2.45) is 5.73 Å². The van der Waals surface area contributed by atoms with Crippen molar-refractivity contribution in [1.29, 1.82) is 0 Å². The lowest BCUT2D eigenvalue weighted by molar-refractivity contribution is -0.387. The second-order valence-electron chi connectivity index (χ2n) is 4.22. The van der Waals surface area contributed by atoms with Crippen LogP contribution in [0.1, 0.15) is 6.42 Å². The summed E-state index contributed by atoms with van der Waals surface area (Å²) < 4.78 is 23.2. The number of nitro groups is 1. The number of nitrogens with two attached hydrogens (primary N) is 1. The molecule has 2 N–H and O–H groups in total. The van der Waals surface area contributed by atoms with Crippen LogP contribution in [0.5, 0.6) is 0 Å². The molecule has 0 aliphatic heterocycles. The van der Waals surface area contributed by atoms with E-state index in [2.05, 4.69) is 0 Å². The monoisotopic (exact) mass is 287 g/mol. The third kappa shape index (κ3) is 3.65.